The Balaban J connectivity index is 1.79. The second kappa shape index (κ2) is 15.4. The minimum atomic E-state index is 0.209. The van der Waals surface area contributed by atoms with E-state index in [1.54, 1.807) is 18.6 Å². The summed E-state index contributed by atoms with van der Waals surface area (Å²) in [4.78, 5) is 0. The predicted octanol–water partition coefficient (Wildman–Crippen LogP) is 4.82. The average molecular weight is 501 g/mol. The van der Waals surface area contributed by atoms with E-state index in [-0.39, 0.29) is 5.96 Å². The molecule has 37 heavy (non-hydrogen) atoms. The lowest BCUT2D eigenvalue weighted by molar-refractivity contribution is 0.339. The number of hydrogen-bond acceptors (Lipinski definition) is 7. The van der Waals surface area contributed by atoms with Crippen LogP contribution >= 0.6 is 0 Å². The van der Waals surface area contributed by atoms with Crippen LogP contribution in [0.1, 0.15) is 37.5 Å². The minimum Gasteiger partial charge on any atom is -0.493 e. The summed E-state index contributed by atoms with van der Waals surface area (Å²) >= 11 is 0. The summed E-state index contributed by atoms with van der Waals surface area (Å²) in [7, 11) is 0. The maximum atomic E-state index is 5.65. The fraction of sp³-hybridized carbons (Fsp3) is 0.214. The summed E-state index contributed by atoms with van der Waals surface area (Å²) < 4.78 is 16.9. The molecule has 0 atom stereocenters. The molecule has 0 bridgehead atoms. The zero-order valence-electron chi connectivity index (χ0n) is 21.3. The van der Waals surface area contributed by atoms with Gasteiger partial charge in [-0.15, -0.1) is 5.10 Å². The molecule has 0 heterocycles. The highest BCUT2D eigenvalue weighted by Gasteiger charge is 2.02. The van der Waals surface area contributed by atoms with Gasteiger partial charge in [0, 0.05) is 16.7 Å². The quantitative estimate of drug-likeness (QED) is 0.211. The van der Waals surface area contributed by atoms with Crippen LogP contribution in [0.2, 0.25) is 0 Å². The molecule has 0 aliphatic carbocycles. The Kier molecular flexibility index (Phi) is 11.2. The lowest BCUT2D eigenvalue weighted by Crippen LogP contribution is -2.30. The summed E-state index contributed by atoms with van der Waals surface area (Å²) in [6, 6.07) is 22.8. The van der Waals surface area contributed by atoms with Crippen molar-refractivity contribution < 1.29 is 14.2 Å². The molecule has 9 heteroatoms. The van der Waals surface area contributed by atoms with Crippen LogP contribution in [0.4, 0.5) is 0 Å². The second-order valence-electron chi connectivity index (χ2n) is 7.35. The molecule has 3 aromatic carbocycles. The fourth-order valence-corrected chi connectivity index (χ4v) is 3.17. The van der Waals surface area contributed by atoms with Gasteiger partial charge in [-0.25, -0.2) is 10.9 Å². The smallest absolute Gasteiger partial charge is 0.257 e. The van der Waals surface area contributed by atoms with Gasteiger partial charge in [-0.1, -0.05) is 36.4 Å². The largest absolute Gasteiger partial charge is 0.493 e. The molecule has 3 aromatic rings. The third-order valence-corrected chi connectivity index (χ3v) is 4.76. The van der Waals surface area contributed by atoms with Gasteiger partial charge in [-0.05, 0) is 57.2 Å². The van der Waals surface area contributed by atoms with Crippen molar-refractivity contribution >= 4 is 24.6 Å². The fourth-order valence-electron chi connectivity index (χ4n) is 3.17. The summed E-state index contributed by atoms with van der Waals surface area (Å²) in [5, 5.41) is 17.0. The van der Waals surface area contributed by atoms with E-state index < -0.39 is 0 Å². The molecule has 0 radical (unpaired) electrons. The lowest BCUT2D eigenvalue weighted by atomic mass is 10.2. The molecule has 0 aliphatic heterocycles. The Labute approximate surface area is 217 Å². The van der Waals surface area contributed by atoms with E-state index in [9.17, 15) is 0 Å². The second-order valence-corrected chi connectivity index (χ2v) is 7.35. The molecule has 0 aliphatic rings. The number of hydrogen-bond donors (Lipinski definition) is 2. The predicted molar refractivity (Wildman–Crippen MR) is 149 cm³/mol. The summed E-state index contributed by atoms with van der Waals surface area (Å²) in [6.45, 7) is 7.47. The summed E-state index contributed by atoms with van der Waals surface area (Å²) in [5.74, 6) is 2.40. The van der Waals surface area contributed by atoms with Crippen molar-refractivity contribution in [2.24, 2.45) is 20.4 Å². The van der Waals surface area contributed by atoms with Crippen LogP contribution in [0.5, 0.6) is 17.2 Å². The highest BCUT2D eigenvalue weighted by molar-refractivity contribution is 5.89. The van der Waals surface area contributed by atoms with Crippen LogP contribution in [0.15, 0.2) is 93.2 Å². The molecular formula is C28H32N6O3. The number of rotatable bonds is 12. The van der Waals surface area contributed by atoms with E-state index in [1.165, 1.54) is 0 Å². The van der Waals surface area contributed by atoms with Crippen LogP contribution in [0.3, 0.4) is 0 Å². The van der Waals surface area contributed by atoms with Crippen molar-refractivity contribution in [3.05, 3.63) is 89.5 Å². The highest BCUT2D eigenvalue weighted by Crippen LogP contribution is 2.17. The van der Waals surface area contributed by atoms with Gasteiger partial charge in [0.05, 0.1) is 38.5 Å². The van der Waals surface area contributed by atoms with Crippen molar-refractivity contribution in [1.29, 1.82) is 0 Å². The molecule has 0 unspecified atom stereocenters. The van der Waals surface area contributed by atoms with E-state index in [4.69, 9.17) is 14.2 Å². The standard InChI is InChI=1S/C28H32N6O3/c1-4-35-25-16-10-7-13-22(25)19-29-32-28(33-30-20-23-14-8-11-17-26(23)36-5-2)34-31-21-24-15-9-12-18-27(24)37-6-3/h7-21H,4-6H2,1-3H3,(H2,32,33,34). The van der Waals surface area contributed by atoms with Crippen molar-refractivity contribution in [3.8, 4) is 17.2 Å². The Bertz CT molecular complexity index is 1180. The average Bonchev–Trinajstić information content (AvgIpc) is 2.92. The Morgan fingerprint density at radius 1 is 0.595 bits per heavy atom. The molecule has 0 aromatic heterocycles. The topological polar surface area (TPSA) is 101 Å². The number of guanidine groups is 1. The van der Waals surface area contributed by atoms with Crippen LogP contribution in [0.25, 0.3) is 0 Å². The third-order valence-electron chi connectivity index (χ3n) is 4.76. The van der Waals surface area contributed by atoms with E-state index in [1.807, 2.05) is 93.6 Å². The van der Waals surface area contributed by atoms with Gasteiger partial charge in [0.1, 0.15) is 17.2 Å². The van der Waals surface area contributed by atoms with Crippen molar-refractivity contribution in [2.75, 3.05) is 19.8 Å². The van der Waals surface area contributed by atoms with Crippen LogP contribution in [-0.4, -0.2) is 44.4 Å². The van der Waals surface area contributed by atoms with Crippen molar-refractivity contribution in [1.82, 2.24) is 10.9 Å². The van der Waals surface area contributed by atoms with Gasteiger partial charge in [0.2, 0.25) is 0 Å². The van der Waals surface area contributed by atoms with E-state index in [0.717, 1.165) is 33.9 Å². The Hall–Kier alpha value is -4.66. The molecule has 9 nitrogen and oxygen atoms in total. The molecular weight excluding hydrogens is 468 g/mol. The first kappa shape index (κ1) is 26.9. The number of benzene rings is 3. The normalized spacial score (nSPS) is 11.1. The summed E-state index contributed by atoms with van der Waals surface area (Å²) in [6.07, 6.45) is 4.89. The molecule has 3 rings (SSSR count). The molecule has 0 spiro atoms. The number of nitrogens with zero attached hydrogens (tertiary/aromatic N) is 4. The van der Waals surface area contributed by atoms with E-state index in [0.29, 0.717) is 19.8 Å². The number of ether oxygens (including phenoxy) is 3. The van der Waals surface area contributed by atoms with Gasteiger partial charge in [-0.2, -0.15) is 15.3 Å². The van der Waals surface area contributed by atoms with Crippen LogP contribution in [0, 0.1) is 0 Å². The maximum absolute atomic E-state index is 5.65. The highest BCUT2D eigenvalue weighted by atomic mass is 16.5. The van der Waals surface area contributed by atoms with Crippen LogP contribution < -0.4 is 25.1 Å². The molecule has 0 amide bonds. The van der Waals surface area contributed by atoms with Gasteiger partial charge in [0.25, 0.3) is 5.96 Å². The molecule has 2 N–H and O–H groups in total. The first-order valence-electron chi connectivity index (χ1n) is 12.1. The number of hydrazone groups is 2. The lowest BCUT2D eigenvalue weighted by Gasteiger charge is -2.07. The Morgan fingerprint density at radius 3 is 1.38 bits per heavy atom. The molecule has 0 saturated carbocycles. The molecule has 0 fully saturated rings. The van der Waals surface area contributed by atoms with Crippen molar-refractivity contribution in [2.45, 2.75) is 20.8 Å². The molecule has 192 valence electrons. The van der Waals surface area contributed by atoms with Gasteiger partial charge in [0.15, 0.2) is 0 Å². The summed E-state index contributed by atoms with van der Waals surface area (Å²) in [5.41, 5.74) is 8.14. The number of para-hydroxylation sites is 3. The first-order chi connectivity index (χ1) is 18.2. The third kappa shape index (κ3) is 8.81. The number of nitrogens with one attached hydrogen (secondary N) is 2. The van der Waals surface area contributed by atoms with Gasteiger partial charge >= 0.3 is 0 Å². The zero-order valence-corrected chi connectivity index (χ0v) is 21.3. The Morgan fingerprint density at radius 2 is 0.973 bits per heavy atom. The monoisotopic (exact) mass is 500 g/mol. The SMILES string of the molecule is CCOc1ccccc1C=NN=C(NN=Cc1ccccc1OCC)NN=Cc1ccccc1OCC. The molecule has 0 saturated heterocycles. The minimum absolute atomic E-state index is 0.209. The zero-order chi connectivity index (χ0) is 26.1. The van der Waals surface area contributed by atoms with Crippen LogP contribution in [-0.2, 0) is 0 Å². The maximum Gasteiger partial charge on any atom is 0.257 e. The van der Waals surface area contributed by atoms with E-state index >= 15 is 0 Å². The van der Waals surface area contributed by atoms with E-state index in [2.05, 4.69) is 31.3 Å². The van der Waals surface area contributed by atoms with Crippen molar-refractivity contribution in [3.63, 3.8) is 0 Å². The van der Waals surface area contributed by atoms with Gasteiger partial charge in [-0.3, -0.25) is 0 Å². The first-order valence-corrected chi connectivity index (χ1v) is 12.1. The van der Waals surface area contributed by atoms with Gasteiger partial charge < -0.3 is 14.2 Å².